The standard InChI is InChI=1S/C15H20FN3O/c1-18(8-9-20)13-4-6-19(7-5-13)15-3-2-12(11-17)10-14(15)16/h2-3,10,13,20H,4-9H2,1H3. The van der Waals surface area contributed by atoms with E-state index in [0.717, 1.165) is 25.9 Å². The Kier molecular flexibility index (Phi) is 4.94. The Hall–Kier alpha value is -1.64. The van der Waals surface area contributed by atoms with Gasteiger partial charge in [0.2, 0.25) is 0 Å². The molecule has 20 heavy (non-hydrogen) atoms. The first-order valence-corrected chi connectivity index (χ1v) is 6.91. The summed E-state index contributed by atoms with van der Waals surface area (Å²) in [4.78, 5) is 4.19. The summed E-state index contributed by atoms with van der Waals surface area (Å²) in [5.74, 6) is -0.328. The normalized spacial score (nSPS) is 16.4. The molecule has 0 spiro atoms. The minimum atomic E-state index is -0.328. The zero-order valence-corrected chi connectivity index (χ0v) is 11.7. The molecule has 0 saturated carbocycles. The average molecular weight is 277 g/mol. The van der Waals surface area contributed by atoms with Crippen molar-refractivity contribution in [1.82, 2.24) is 4.90 Å². The highest BCUT2D eigenvalue weighted by Gasteiger charge is 2.23. The van der Waals surface area contributed by atoms with E-state index in [-0.39, 0.29) is 12.4 Å². The van der Waals surface area contributed by atoms with Crippen molar-refractivity contribution in [2.75, 3.05) is 38.2 Å². The maximum absolute atomic E-state index is 14.0. The van der Waals surface area contributed by atoms with Crippen molar-refractivity contribution in [2.24, 2.45) is 0 Å². The highest BCUT2D eigenvalue weighted by Crippen LogP contribution is 2.25. The lowest BCUT2D eigenvalue weighted by molar-refractivity contribution is 0.161. The van der Waals surface area contributed by atoms with Crippen molar-refractivity contribution in [1.29, 1.82) is 5.26 Å². The van der Waals surface area contributed by atoms with E-state index >= 15 is 0 Å². The molecule has 108 valence electrons. The van der Waals surface area contributed by atoms with Crippen LogP contribution in [-0.4, -0.2) is 49.3 Å². The van der Waals surface area contributed by atoms with Crippen LogP contribution in [0.5, 0.6) is 0 Å². The molecule has 5 heteroatoms. The molecule has 1 saturated heterocycles. The number of halogens is 1. The summed E-state index contributed by atoms with van der Waals surface area (Å²) in [5.41, 5.74) is 0.927. The number of aliphatic hydroxyl groups is 1. The van der Waals surface area contributed by atoms with Crippen LogP contribution in [0.1, 0.15) is 18.4 Å². The zero-order valence-electron chi connectivity index (χ0n) is 11.7. The minimum absolute atomic E-state index is 0.168. The molecular weight excluding hydrogens is 257 g/mol. The fourth-order valence-corrected chi connectivity index (χ4v) is 2.72. The van der Waals surface area contributed by atoms with Crippen LogP contribution in [0.25, 0.3) is 0 Å². The maximum Gasteiger partial charge on any atom is 0.147 e. The van der Waals surface area contributed by atoms with Gasteiger partial charge in [0.25, 0.3) is 0 Å². The van der Waals surface area contributed by atoms with Gasteiger partial charge in [0.15, 0.2) is 0 Å². The first-order valence-electron chi connectivity index (χ1n) is 6.91. The Morgan fingerprint density at radius 3 is 2.70 bits per heavy atom. The number of hydrogen-bond acceptors (Lipinski definition) is 4. The molecule has 0 radical (unpaired) electrons. The monoisotopic (exact) mass is 277 g/mol. The van der Waals surface area contributed by atoms with Gasteiger partial charge in [0.1, 0.15) is 5.82 Å². The molecule has 0 amide bonds. The summed E-state index contributed by atoms with van der Waals surface area (Å²) in [6.45, 7) is 2.43. The number of aliphatic hydroxyl groups excluding tert-OH is 1. The Labute approximate surface area is 119 Å². The number of hydrogen-bond donors (Lipinski definition) is 1. The van der Waals surface area contributed by atoms with Crippen molar-refractivity contribution in [3.63, 3.8) is 0 Å². The molecule has 0 atom stereocenters. The molecule has 2 rings (SSSR count). The predicted octanol–water partition coefficient (Wildman–Crippen LogP) is 1.59. The smallest absolute Gasteiger partial charge is 0.147 e. The third kappa shape index (κ3) is 3.27. The Morgan fingerprint density at radius 1 is 1.45 bits per heavy atom. The topological polar surface area (TPSA) is 50.5 Å². The Morgan fingerprint density at radius 2 is 2.15 bits per heavy atom. The molecule has 1 N–H and O–H groups in total. The lowest BCUT2D eigenvalue weighted by Crippen LogP contribution is -2.44. The van der Waals surface area contributed by atoms with Crippen LogP contribution >= 0.6 is 0 Å². The number of anilines is 1. The quantitative estimate of drug-likeness (QED) is 0.908. The second-order valence-corrected chi connectivity index (χ2v) is 5.20. The third-order valence-corrected chi connectivity index (χ3v) is 3.96. The van der Waals surface area contributed by atoms with E-state index in [1.807, 2.05) is 18.0 Å². The molecule has 0 bridgehead atoms. The second-order valence-electron chi connectivity index (χ2n) is 5.20. The number of piperidine rings is 1. The lowest BCUT2D eigenvalue weighted by Gasteiger charge is -2.37. The highest BCUT2D eigenvalue weighted by molar-refractivity contribution is 5.51. The van der Waals surface area contributed by atoms with Gasteiger partial charge in [-0.15, -0.1) is 0 Å². The number of likely N-dealkylation sites (N-methyl/N-ethyl adjacent to an activating group) is 1. The summed E-state index contributed by atoms with van der Waals surface area (Å²) in [7, 11) is 2.01. The van der Waals surface area contributed by atoms with Gasteiger partial charge in [0.05, 0.1) is 23.9 Å². The van der Waals surface area contributed by atoms with Crippen LogP contribution in [0.3, 0.4) is 0 Å². The van der Waals surface area contributed by atoms with E-state index in [0.29, 0.717) is 23.8 Å². The molecule has 1 aliphatic rings. The second kappa shape index (κ2) is 6.69. The summed E-state index contributed by atoms with van der Waals surface area (Å²) < 4.78 is 14.0. The molecule has 1 aromatic carbocycles. The highest BCUT2D eigenvalue weighted by atomic mass is 19.1. The number of nitriles is 1. The van der Waals surface area contributed by atoms with E-state index in [2.05, 4.69) is 4.90 Å². The largest absolute Gasteiger partial charge is 0.395 e. The molecule has 4 nitrogen and oxygen atoms in total. The molecule has 1 fully saturated rings. The van der Waals surface area contributed by atoms with Gasteiger partial charge in [-0.05, 0) is 38.1 Å². The van der Waals surface area contributed by atoms with Gasteiger partial charge >= 0.3 is 0 Å². The molecule has 0 aliphatic carbocycles. The van der Waals surface area contributed by atoms with E-state index in [1.54, 1.807) is 12.1 Å². The van der Waals surface area contributed by atoms with Crippen LogP contribution in [0, 0.1) is 17.1 Å². The fourth-order valence-electron chi connectivity index (χ4n) is 2.72. The van der Waals surface area contributed by atoms with Gasteiger partial charge < -0.3 is 14.9 Å². The molecule has 1 heterocycles. The van der Waals surface area contributed by atoms with Crippen molar-refractivity contribution in [2.45, 2.75) is 18.9 Å². The first kappa shape index (κ1) is 14.8. The van der Waals surface area contributed by atoms with Gasteiger partial charge in [-0.2, -0.15) is 5.26 Å². The van der Waals surface area contributed by atoms with Gasteiger partial charge in [-0.1, -0.05) is 0 Å². The number of benzene rings is 1. The van der Waals surface area contributed by atoms with Gasteiger partial charge in [-0.3, -0.25) is 0 Å². The predicted molar refractivity (Wildman–Crippen MR) is 76.1 cm³/mol. The Balaban J connectivity index is 1.99. The van der Waals surface area contributed by atoms with Crippen LogP contribution in [0.2, 0.25) is 0 Å². The summed E-state index contributed by atoms with van der Waals surface area (Å²) in [6.07, 6.45) is 1.91. The minimum Gasteiger partial charge on any atom is -0.395 e. The third-order valence-electron chi connectivity index (χ3n) is 3.96. The van der Waals surface area contributed by atoms with Crippen molar-refractivity contribution >= 4 is 5.69 Å². The average Bonchev–Trinajstić information content (AvgIpc) is 2.47. The molecule has 0 unspecified atom stereocenters. The first-order chi connectivity index (χ1) is 9.65. The van der Waals surface area contributed by atoms with Crippen molar-refractivity contribution < 1.29 is 9.50 Å². The van der Waals surface area contributed by atoms with Crippen LogP contribution in [0.15, 0.2) is 18.2 Å². The van der Waals surface area contributed by atoms with Crippen LogP contribution in [-0.2, 0) is 0 Å². The lowest BCUT2D eigenvalue weighted by atomic mass is 10.0. The van der Waals surface area contributed by atoms with Gasteiger partial charge in [0, 0.05) is 25.7 Å². The maximum atomic E-state index is 14.0. The molecule has 1 aromatic rings. The van der Waals surface area contributed by atoms with Crippen molar-refractivity contribution in [3.05, 3.63) is 29.6 Å². The summed E-state index contributed by atoms with van der Waals surface area (Å²) in [6, 6.07) is 7.02. The van der Waals surface area contributed by atoms with Crippen LogP contribution < -0.4 is 4.90 Å². The zero-order chi connectivity index (χ0) is 14.5. The van der Waals surface area contributed by atoms with E-state index < -0.39 is 0 Å². The Bertz CT molecular complexity index is 492. The fraction of sp³-hybridized carbons (Fsp3) is 0.533. The molecule has 1 aliphatic heterocycles. The number of nitrogens with zero attached hydrogens (tertiary/aromatic N) is 3. The summed E-state index contributed by atoms with van der Waals surface area (Å²) >= 11 is 0. The van der Waals surface area contributed by atoms with Crippen LogP contribution in [0.4, 0.5) is 10.1 Å². The van der Waals surface area contributed by atoms with Crippen molar-refractivity contribution in [3.8, 4) is 6.07 Å². The number of rotatable bonds is 4. The SMILES string of the molecule is CN(CCO)C1CCN(c2ccc(C#N)cc2F)CC1. The van der Waals surface area contributed by atoms with E-state index in [4.69, 9.17) is 10.4 Å². The van der Waals surface area contributed by atoms with E-state index in [1.165, 1.54) is 6.07 Å². The van der Waals surface area contributed by atoms with Gasteiger partial charge in [-0.25, -0.2) is 4.39 Å². The molecule has 0 aromatic heterocycles. The molecular formula is C15H20FN3O. The summed E-state index contributed by atoms with van der Waals surface area (Å²) in [5, 5.41) is 17.7. The van der Waals surface area contributed by atoms with E-state index in [9.17, 15) is 4.39 Å².